The maximum absolute atomic E-state index is 11.3. The quantitative estimate of drug-likeness (QED) is 0.684. The first-order chi connectivity index (χ1) is 6.85. The zero-order valence-corrected chi connectivity index (χ0v) is 10.1. The molecule has 0 aliphatic rings. The van der Waals surface area contributed by atoms with E-state index < -0.39 is 5.60 Å². The van der Waals surface area contributed by atoms with Gasteiger partial charge in [0, 0.05) is 19.1 Å². The second-order valence-electron chi connectivity index (χ2n) is 4.48. The Morgan fingerprint density at radius 1 is 1.53 bits per heavy atom. The van der Waals surface area contributed by atoms with Crippen LogP contribution in [0.3, 0.4) is 0 Å². The van der Waals surface area contributed by atoms with Crippen molar-refractivity contribution in [3.8, 4) is 0 Å². The second kappa shape index (κ2) is 6.45. The standard InChI is InChI=1S/C11H22N2O2/c1-6-7-12-9(2)8-13-10(14)15-11(3,4)5/h6,9,12H,1,7-8H2,2-5H3,(H,13,14). The van der Waals surface area contributed by atoms with Crippen LogP contribution >= 0.6 is 0 Å². The number of carbonyl (C=O) groups is 1. The third-order valence-corrected chi connectivity index (χ3v) is 1.56. The summed E-state index contributed by atoms with van der Waals surface area (Å²) in [6.07, 6.45) is 1.40. The lowest BCUT2D eigenvalue weighted by atomic mass is 10.2. The van der Waals surface area contributed by atoms with Gasteiger partial charge in [0.25, 0.3) is 0 Å². The maximum Gasteiger partial charge on any atom is 0.407 e. The largest absolute Gasteiger partial charge is 0.444 e. The topological polar surface area (TPSA) is 50.4 Å². The molecule has 0 heterocycles. The maximum atomic E-state index is 11.3. The second-order valence-corrected chi connectivity index (χ2v) is 4.48. The molecule has 2 N–H and O–H groups in total. The number of nitrogens with one attached hydrogen (secondary N) is 2. The van der Waals surface area contributed by atoms with Crippen molar-refractivity contribution in [2.45, 2.75) is 39.3 Å². The van der Waals surface area contributed by atoms with Crippen LogP contribution in [-0.2, 0) is 4.74 Å². The predicted molar refractivity (Wildman–Crippen MR) is 61.9 cm³/mol. The van der Waals surface area contributed by atoms with Crippen LogP contribution in [-0.4, -0.2) is 30.8 Å². The van der Waals surface area contributed by atoms with E-state index in [4.69, 9.17) is 4.74 Å². The van der Waals surface area contributed by atoms with Gasteiger partial charge in [0.15, 0.2) is 0 Å². The molecule has 0 aromatic rings. The number of hydrogen-bond donors (Lipinski definition) is 2. The Hall–Kier alpha value is -1.03. The molecule has 0 radical (unpaired) electrons. The van der Waals surface area contributed by atoms with Crippen LogP contribution in [0.1, 0.15) is 27.7 Å². The van der Waals surface area contributed by atoms with Gasteiger partial charge in [-0.2, -0.15) is 0 Å². The smallest absolute Gasteiger partial charge is 0.407 e. The number of carbonyl (C=O) groups excluding carboxylic acids is 1. The fourth-order valence-corrected chi connectivity index (χ4v) is 0.907. The van der Waals surface area contributed by atoms with E-state index in [1.165, 1.54) is 0 Å². The highest BCUT2D eigenvalue weighted by atomic mass is 16.6. The number of alkyl carbamates (subject to hydrolysis) is 1. The molecular weight excluding hydrogens is 192 g/mol. The first-order valence-electron chi connectivity index (χ1n) is 5.16. The van der Waals surface area contributed by atoms with Gasteiger partial charge in [0.2, 0.25) is 0 Å². The number of hydrogen-bond acceptors (Lipinski definition) is 3. The minimum absolute atomic E-state index is 0.204. The van der Waals surface area contributed by atoms with Gasteiger partial charge >= 0.3 is 6.09 Å². The lowest BCUT2D eigenvalue weighted by Crippen LogP contribution is -2.41. The Morgan fingerprint density at radius 2 is 2.13 bits per heavy atom. The van der Waals surface area contributed by atoms with Gasteiger partial charge in [-0.1, -0.05) is 6.08 Å². The minimum Gasteiger partial charge on any atom is -0.444 e. The molecule has 0 aromatic heterocycles. The number of amides is 1. The average Bonchev–Trinajstić information content (AvgIpc) is 2.08. The van der Waals surface area contributed by atoms with E-state index in [9.17, 15) is 4.79 Å². The van der Waals surface area contributed by atoms with Crippen LogP contribution in [0.2, 0.25) is 0 Å². The fourth-order valence-electron chi connectivity index (χ4n) is 0.907. The molecule has 88 valence electrons. The van der Waals surface area contributed by atoms with Crippen molar-refractivity contribution >= 4 is 6.09 Å². The summed E-state index contributed by atoms with van der Waals surface area (Å²) in [6, 6.07) is 0.204. The molecule has 4 heteroatoms. The lowest BCUT2D eigenvalue weighted by Gasteiger charge is -2.21. The molecule has 1 atom stereocenters. The molecule has 0 spiro atoms. The molecule has 0 saturated carbocycles. The van der Waals surface area contributed by atoms with Gasteiger partial charge in [0.05, 0.1) is 0 Å². The molecule has 4 nitrogen and oxygen atoms in total. The van der Waals surface area contributed by atoms with E-state index >= 15 is 0 Å². The molecule has 0 aliphatic carbocycles. The van der Waals surface area contributed by atoms with Gasteiger partial charge in [-0.15, -0.1) is 6.58 Å². The summed E-state index contributed by atoms with van der Waals surface area (Å²) in [4.78, 5) is 11.3. The van der Waals surface area contributed by atoms with Gasteiger partial charge < -0.3 is 15.4 Å². The Morgan fingerprint density at radius 3 is 2.60 bits per heavy atom. The van der Waals surface area contributed by atoms with Crippen molar-refractivity contribution in [1.82, 2.24) is 10.6 Å². The van der Waals surface area contributed by atoms with Gasteiger partial charge in [-0.3, -0.25) is 0 Å². The molecule has 1 amide bonds. The predicted octanol–water partition coefficient (Wildman–Crippen LogP) is 1.68. The molecule has 0 saturated heterocycles. The van der Waals surface area contributed by atoms with E-state index in [0.29, 0.717) is 6.54 Å². The molecule has 0 aromatic carbocycles. The first kappa shape index (κ1) is 14.0. The van der Waals surface area contributed by atoms with E-state index in [2.05, 4.69) is 17.2 Å². The highest BCUT2D eigenvalue weighted by Gasteiger charge is 2.15. The Bertz CT molecular complexity index is 209. The van der Waals surface area contributed by atoms with Crippen molar-refractivity contribution in [3.05, 3.63) is 12.7 Å². The summed E-state index contributed by atoms with van der Waals surface area (Å²) in [5.74, 6) is 0. The SMILES string of the molecule is C=CCNC(C)CNC(=O)OC(C)(C)C. The average molecular weight is 214 g/mol. The van der Waals surface area contributed by atoms with Crippen molar-refractivity contribution in [2.75, 3.05) is 13.1 Å². The monoisotopic (exact) mass is 214 g/mol. The third kappa shape index (κ3) is 9.28. The third-order valence-electron chi connectivity index (χ3n) is 1.56. The Kier molecular flexibility index (Phi) is 6.01. The summed E-state index contributed by atoms with van der Waals surface area (Å²) < 4.78 is 5.09. The van der Waals surface area contributed by atoms with E-state index in [1.807, 2.05) is 27.7 Å². The van der Waals surface area contributed by atoms with Crippen molar-refractivity contribution < 1.29 is 9.53 Å². The molecule has 0 aliphatic heterocycles. The normalized spacial score (nSPS) is 13.1. The Balaban J connectivity index is 3.66. The van der Waals surface area contributed by atoms with E-state index in [-0.39, 0.29) is 12.1 Å². The fraction of sp³-hybridized carbons (Fsp3) is 0.727. The molecule has 0 bridgehead atoms. The zero-order chi connectivity index (χ0) is 11.9. The zero-order valence-electron chi connectivity index (χ0n) is 10.1. The summed E-state index contributed by atoms with van der Waals surface area (Å²) >= 11 is 0. The first-order valence-corrected chi connectivity index (χ1v) is 5.16. The lowest BCUT2D eigenvalue weighted by molar-refractivity contribution is 0.0523. The number of ether oxygens (including phenoxy) is 1. The van der Waals surface area contributed by atoms with Crippen molar-refractivity contribution in [2.24, 2.45) is 0 Å². The Labute approximate surface area is 92.1 Å². The minimum atomic E-state index is -0.443. The van der Waals surface area contributed by atoms with Gasteiger partial charge in [-0.25, -0.2) is 4.79 Å². The van der Waals surface area contributed by atoms with Crippen LogP contribution in [0.5, 0.6) is 0 Å². The molecule has 1 unspecified atom stereocenters. The van der Waals surface area contributed by atoms with E-state index in [1.54, 1.807) is 6.08 Å². The molecule has 0 rings (SSSR count). The molecule has 0 fully saturated rings. The summed E-state index contributed by atoms with van der Waals surface area (Å²) in [5.41, 5.74) is -0.443. The summed E-state index contributed by atoms with van der Waals surface area (Å²) in [6.45, 7) is 12.4. The van der Waals surface area contributed by atoms with Crippen molar-refractivity contribution in [3.63, 3.8) is 0 Å². The van der Waals surface area contributed by atoms with Crippen LogP contribution < -0.4 is 10.6 Å². The molecule has 15 heavy (non-hydrogen) atoms. The van der Waals surface area contributed by atoms with Crippen LogP contribution in [0.15, 0.2) is 12.7 Å². The summed E-state index contributed by atoms with van der Waals surface area (Å²) in [5, 5.41) is 5.85. The molecular formula is C11H22N2O2. The van der Waals surface area contributed by atoms with Crippen LogP contribution in [0.4, 0.5) is 4.79 Å². The highest BCUT2D eigenvalue weighted by molar-refractivity contribution is 5.67. The van der Waals surface area contributed by atoms with Gasteiger partial charge in [-0.05, 0) is 27.7 Å². The van der Waals surface area contributed by atoms with Gasteiger partial charge in [0.1, 0.15) is 5.60 Å². The van der Waals surface area contributed by atoms with Crippen molar-refractivity contribution in [1.29, 1.82) is 0 Å². The van der Waals surface area contributed by atoms with Crippen LogP contribution in [0, 0.1) is 0 Å². The summed E-state index contributed by atoms with van der Waals surface area (Å²) in [7, 11) is 0. The van der Waals surface area contributed by atoms with Crippen LogP contribution in [0.25, 0.3) is 0 Å². The van der Waals surface area contributed by atoms with E-state index in [0.717, 1.165) is 6.54 Å². The number of rotatable bonds is 5. The highest BCUT2D eigenvalue weighted by Crippen LogP contribution is 2.06.